The van der Waals surface area contributed by atoms with Crippen LogP contribution in [0.5, 0.6) is 5.75 Å². The lowest BCUT2D eigenvalue weighted by molar-refractivity contribution is -0.115. The van der Waals surface area contributed by atoms with Crippen molar-refractivity contribution in [2.75, 3.05) is 17.6 Å². The van der Waals surface area contributed by atoms with E-state index < -0.39 is 18.5 Å². The van der Waals surface area contributed by atoms with Gasteiger partial charge in [-0.25, -0.2) is 4.39 Å². The molecule has 7 heteroatoms. The number of nitrogen functional groups attached to an aromatic ring is 1. The van der Waals surface area contributed by atoms with Crippen LogP contribution in [0.2, 0.25) is 0 Å². The predicted molar refractivity (Wildman–Crippen MR) is 61.1 cm³/mol. The molecule has 0 aliphatic heterocycles. The van der Waals surface area contributed by atoms with Gasteiger partial charge in [0.2, 0.25) is 0 Å². The van der Waals surface area contributed by atoms with Crippen molar-refractivity contribution in [1.82, 2.24) is 0 Å². The van der Waals surface area contributed by atoms with Gasteiger partial charge in [-0.05, 0) is 13.8 Å². The number of ether oxygens (including phenoxy) is 1. The second-order valence-electron chi connectivity index (χ2n) is 4.01. The number of nitrogens with one attached hydrogen (secondary N) is 1. The molecule has 0 heterocycles. The zero-order valence-electron chi connectivity index (χ0n) is 9.94. The number of hydrogen-bond donors (Lipinski definition) is 2. The van der Waals surface area contributed by atoms with Crippen molar-refractivity contribution in [2.45, 2.75) is 26.1 Å². The van der Waals surface area contributed by atoms with Gasteiger partial charge in [-0.3, -0.25) is 0 Å². The highest BCUT2D eigenvalue weighted by molar-refractivity contribution is 5.68. The van der Waals surface area contributed by atoms with E-state index >= 15 is 0 Å². The van der Waals surface area contributed by atoms with Crippen molar-refractivity contribution in [3.05, 3.63) is 17.9 Å². The summed E-state index contributed by atoms with van der Waals surface area (Å²) in [6, 6.07) is 2.05. The van der Waals surface area contributed by atoms with Crippen LogP contribution in [0.15, 0.2) is 12.1 Å². The Balaban J connectivity index is 2.91. The summed E-state index contributed by atoms with van der Waals surface area (Å²) in [5.74, 6) is -0.845. The number of hydrogen-bond acceptors (Lipinski definition) is 3. The zero-order chi connectivity index (χ0) is 13.9. The molecule has 0 aliphatic carbocycles. The maximum atomic E-state index is 13.4. The van der Waals surface area contributed by atoms with Gasteiger partial charge in [-0.1, -0.05) is 0 Å². The van der Waals surface area contributed by atoms with Crippen molar-refractivity contribution in [3.8, 4) is 5.75 Å². The third-order valence-corrected chi connectivity index (χ3v) is 1.95. The van der Waals surface area contributed by atoms with Crippen LogP contribution in [-0.2, 0) is 0 Å². The lowest BCUT2D eigenvalue weighted by Crippen LogP contribution is -2.22. The molecule has 1 aromatic rings. The maximum absolute atomic E-state index is 13.4. The fourth-order valence-electron chi connectivity index (χ4n) is 1.26. The lowest BCUT2D eigenvalue weighted by Gasteiger charge is -2.15. The van der Waals surface area contributed by atoms with E-state index in [1.807, 2.05) is 0 Å². The van der Waals surface area contributed by atoms with Gasteiger partial charge >= 0.3 is 6.18 Å². The minimum Gasteiger partial charge on any atom is -0.488 e. The second-order valence-corrected chi connectivity index (χ2v) is 4.01. The number of anilines is 2. The molecule has 0 aliphatic rings. The molecule has 0 unspecified atom stereocenters. The molecule has 0 saturated carbocycles. The Morgan fingerprint density at radius 3 is 2.44 bits per heavy atom. The summed E-state index contributed by atoms with van der Waals surface area (Å²) in [7, 11) is 0. The third kappa shape index (κ3) is 4.31. The highest BCUT2D eigenvalue weighted by Gasteiger charge is 2.27. The van der Waals surface area contributed by atoms with E-state index in [2.05, 4.69) is 5.32 Å². The molecule has 0 aromatic heterocycles. The molecular weight excluding hydrogens is 252 g/mol. The molecule has 0 spiro atoms. The number of rotatable bonds is 4. The van der Waals surface area contributed by atoms with E-state index in [4.69, 9.17) is 10.5 Å². The SMILES string of the molecule is CC(C)Oc1cc(NCC(F)(F)F)c(N)cc1F. The molecule has 0 radical (unpaired) electrons. The Hall–Kier alpha value is -1.66. The van der Waals surface area contributed by atoms with E-state index in [9.17, 15) is 17.6 Å². The Kier molecular flexibility index (Phi) is 4.26. The topological polar surface area (TPSA) is 47.3 Å². The highest BCUT2D eigenvalue weighted by atomic mass is 19.4. The lowest BCUT2D eigenvalue weighted by atomic mass is 10.2. The minimum absolute atomic E-state index is 0.00984. The standard InChI is InChI=1S/C11H14F4N2O/c1-6(2)18-10-4-9(8(16)3-7(10)12)17-5-11(13,14)15/h3-4,6,17H,5,16H2,1-2H3. The van der Waals surface area contributed by atoms with Crippen molar-refractivity contribution in [1.29, 1.82) is 0 Å². The molecule has 0 fully saturated rings. The molecule has 0 saturated heterocycles. The van der Waals surface area contributed by atoms with Gasteiger partial charge in [0.15, 0.2) is 11.6 Å². The average Bonchev–Trinajstić information content (AvgIpc) is 2.18. The summed E-state index contributed by atoms with van der Waals surface area (Å²) in [6.45, 7) is 2.11. The van der Waals surface area contributed by atoms with Crippen LogP contribution in [0.3, 0.4) is 0 Å². The molecule has 102 valence electrons. The predicted octanol–water partition coefficient (Wildman–Crippen LogP) is 3.17. The van der Waals surface area contributed by atoms with E-state index in [1.54, 1.807) is 13.8 Å². The average molecular weight is 266 g/mol. The quantitative estimate of drug-likeness (QED) is 0.650. The van der Waals surface area contributed by atoms with Gasteiger partial charge in [-0.15, -0.1) is 0 Å². The smallest absolute Gasteiger partial charge is 0.405 e. The normalized spacial score (nSPS) is 11.7. The molecule has 1 rings (SSSR count). The van der Waals surface area contributed by atoms with Gasteiger partial charge in [0.1, 0.15) is 6.54 Å². The molecule has 0 atom stereocenters. The molecule has 1 aromatic carbocycles. The zero-order valence-corrected chi connectivity index (χ0v) is 9.94. The molecule has 0 amide bonds. The first kappa shape index (κ1) is 14.4. The van der Waals surface area contributed by atoms with Crippen molar-refractivity contribution >= 4 is 11.4 Å². The molecule has 3 nitrogen and oxygen atoms in total. The van der Waals surface area contributed by atoms with Crippen LogP contribution in [0.1, 0.15) is 13.8 Å². The Morgan fingerprint density at radius 1 is 1.33 bits per heavy atom. The fraction of sp³-hybridized carbons (Fsp3) is 0.455. The first-order valence-corrected chi connectivity index (χ1v) is 5.25. The molecule has 18 heavy (non-hydrogen) atoms. The van der Waals surface area contributed by atoms with E-state index in [-0.39, 0.29) is 23.2 Å². The van der Waals surface area contributed by atoms with Gasteiger partial charge in [0.05, 0.1) is 17.5 Å². The maximum Gasteiger partial charge on any atom is 0.405 e. The van der Waals surface area contributed by atoms with E-state index in [0.717, 1.165) is 12.1 Å². The number of halogens is 4. The first-order valence-electron chi connectivity index (χ1n) is 5.25. The Morgan fingerprint density at radius 2 is 1.94 bits per heavy atom. The molecule has 0 bridgehead atoms. The largest absolute Gasteiger partial charge is 0.488 e. The first-order chi connectivity index (χ1) is 8.19. The highest BCUT2D eigenvalue weighted by Crippen LogP contribution is 2.29. The minimum atomic E-state index is -4.38. The Bertz CT molecular complexity index is 418. The van der Waals surface area contributed by atoms with Crippen LogP contribution >= 0.6 is 0 Å². The van der Waals surface area contributed by atoms with Gasteiger partial charge in [0.25, 0.3) is 0 Å². The second kappa shape index (κ2) is 5.32. The number of alkyl halides is 3. The van der Waals surface area contributed by atoms with Crippen LogP contribution in [0.25, 0.3) is 0 Å². The van der Waals surface area contributed by atoms with Crippen molar-refractivity contribution in [3.63, 3.8) is 0 Å². The fourth-order valence-corrected chi connectivity index (χ4v) is 1.26. The van der Waals surface area contributed by atoms with Gasteiger partial charge in [0, 0.05) is 12.1 Å². The number of benzene rings is 1. The van der Waals surface area contributed by atoms with Gasteiger partial charge in [-0.2, -0.15) is 13.2 Å². The van der Waals surface area contributed by atoms with Crippen LogP contribution in [0, 0.1) is 5.82 Å². The Labute approximate surface area is 102 Å². The molecular formula is C11H14F4N2O. The van der Waals surface area contributed by atoms with Crippen LogP contribution in [0.4, 0.5) is 28.9 Å². The summed E-state index contributed by atoms with van der Waals surface area (Å²) in [5.41, 5.74) is 5.31. The van der Waals surface area contributed by atoms with E-state index in [1.165, 1.54) is 0 Å². The monoisotopic (exact) mass is 266 g/mol. The molecule has 3 N–H and O–H groups in total. The third-order valence-electron chi connectivity index (χ3n) is 1.95. The van der Waals surface area contributed by atoms with Gasteiger partial charge < -0.3 is 15.8 Å². The summed E-state index contributed by atoms with van der Waals surface area (Å²) >= 11 is 0. The van der Waals surface area contributed by atoms with Crippen molar-refractivity contribution < 1.29 is 22.3 Å². The van der Waals surface area contributed by atoms with Crippen LogP contribution < -0.4 is 15.8 Å². The van der Waals surface area contributed by atoms with Crippen LogP contribution in [-0.4, -0.2) is 18.8 Å². The summed E-state index contributed by atoms with van der Waals surface area (Å²) in [6.07, 6.45) is -4.67. The summed E-state index contributed by atoms with van der Waals surface area (Å²) < 4.78 is 54.7. The van der Waals surface area contributed by atoms with Crippen molar-refractivity contribution in [2.24, 2.45) is 0 Å². The summed E-state index contributed by atoms with van der Waals surface area (Å²) in [5, 5.41) is 2.10. The number of nitrogens with two attached hydrogens (primary N) is 1. The summed E-state index contributed by atoms with van der Waals surface area (Å²) in [4.78, 5) is 0. The van der Waals surface area contributed by atoms with E-state index in [0.29, 0.717) is 0 Å².